The van der Waals surface area contributed by atoms with Crippen LogP contribution < -0.4 is 5.32 Å². The maximum atomic E-state index is 13.4. The number of rotatable bonds is 19. The number of hydrogen-bond donors (Lipinski definition) is 1. The van der Waals surface area contributed by atoms with E-state index in [1.165, 1.54) is 12.7 Å². The Morgan fingerprint density at radius 2 is 1.26 bits per heavy atom. The Morgan fingerprint density at radius 3 is 1.82 bits per heavy atom. The molecule has 1 N–H and O–H groups in total. The standard InChI is InChI=1S/C41H43N5O11/c47-33(23-51-18-28-10-4-1-5-11-28)54-22-32-37(56-34(48)24-52-19-29-12-6-2-7-13-29)38(57-35(49)25-53-20-30-14-8-3-9-15-30)41(55-32)46-27-44-36-39(42-26-43-40(36)46)45-31-16-17-50-21-31/h1-15,26-27,31-32,37-38,41H,16-25H2,(H,42,43,45)/t31-,32-,37-,38-,41?/m1/s1. The van der Waals surface area contributed by atoms with E-state index in [0.29, 0.717) is 30.2 Å². The molecule has 7 rings (SSSR count). The molecule has 0 bridgehead atoms. The molecule has 3 aromatic carbocycles. The molecule has 16 heteroatoms. The molecule has 0 amide bonds. The molecule has 0 spiro atoms. The third-order valence-electron chi connectivity index (χ3n) is 9.13. The Bertz CT molecular complexity index is 2050. The average Bonchev–Trinajstić information content (AvgIpc) is 3.99. The molecule has 2 aliphatic heterocycles. The molecule has 2 aliphatic rings. The topological polar surface area (TPSA) is 181 Å². The summed E-state index contributed by atoms with van der Waals surface area (Å²) in [5, 5.41) is 3.36. The van der Waals surface area contributed by atoms with E-state index < -0.39 is 55.7 Å². The SMILES string of the molecule is O=C(COCc1ccccc1)OC[C@H]1OC(n2cnc3c(N[C@@H]4CCOC4)ncnc32)[C@H](OC(=O)COCc2ccccc2)[C@@H]1OC(=O)COCc1ccccc1. The molecule has 4 heterocycles. The molecule has 298 valence electrons. The maximum absolute atomic E-state index is 13.4. The molecule has 2 aromatic heterocycles. The highest BCUT2D eigenvalue weighted by atomic mass is 16.7. The molecular weight excluding hydrogens is 738 g/mol. The first-order valence-corrected chi connectivity index (χ1v) is 18.6. The van der Waals surface area contributed by atoms with Gasteiger partial charge in [-0.2, -0.15) is 0 Å². The van der Waals surface area contributed by atoms with E-state index in [4.69, 9.17) is 37.9 Å². The summed E-state index contributed by atoms with van der Waals surface area (Å²) in [5.74, 6) is -1.70. The molecule has 5 atom stereocenters. The molecule has 5 aromatic rings. The van der Waals surface area contributed by atoms with E-state index in [1.807, 2.05) is 91.0 Å². The first-order chi connectivity index (χ1) is 28.0. The number of benzene rings is 3. The van der Waals surface area contributed by atoms with Crippen LogP contribution in [0.1, 0.15) is 29.3 Å². The van der Waals surface area contributed by atoms with Crippen LogP contribution in [0, 0.1) is 0 Å². The van der Waals surface area contributed by atoms with E-state index in [9.17, 15) is 14.4 Å². The van der Waals surface area contributed by atoms with Crippen LogP contribution in [-0.4, -0.2) is 101 Å². The summed E-state index contributed by atoms with van der Waals surface area (Å²) in [7, 11) is 0. The van der Waals surface area contributed by atoms with E-state index in [2.05, 4.69) is 20.3 Å². The minimum atomic E-state index is -1.28. The van der Waals surface area contributed by atoms with Crippen molar-refractivity contribution in [3.8, 4) is 0 Å². The van der Waals surface area contributed by atoms with Crippen LogP contribution in [-0.2, 0) is 72.1 Å². The molecular formula is C41H43N5O11. The molecule has 0 radical (unpaired) electrons. The lowest BCUT2D eigenvalue weighted by molar-refractivity contribution is -0.175. The minimum absolute atomic E-state index is 0.0317. The number of aromatic nitrogens is 4. The van der Waals surface area contributed by atoms with Crippen molar-refractivity contribution in [1.82, 2.24) is 19.5 Å². The molecule has 0 saturated carbocycles. The Balaban J connectivity index is 1.11. The Labute approximate surface area is 328 Å². The molecule has 57 heavy (non-hydrogen) atoms. The number of anilines is 1. The van der Waals surface area contributed by atoms with Gasteiger partial charge < -0.3 is 43.2 Å². The van der Waals surface area contributed by atoms with Gasteiger partial charge in [0.2, 0.25) is 0 Å². The third-order valence-corrected chi connectivity index (χ3v) is 9.13. The summed E-state index contributed by atoms with van der Waals surface area (Å²) in [4.78, 5) is 53.1. The lowest BCUT2D eigenvalue weighted by atomic mass is 10.1. The smallest absolute Gasteiger partial charge is 0.332 e. The van der Waals surface area contributed by atoms with Crippen LogP contribution >= 0.6 is 0 Å². The number of nitrogens with zero attached hydrogens (tertiary/aromatic N) is 4. The quantitative estimate of drug-likeness (QED) is 0.0940. The summed E-state index contributed by atoms with van der Waals surface area (Å²) in [6, 6.07) is 28.1. The van der Waals surface area contributed by atoms with Crippen molar-refractivity contribution in [1.29, 1.82) is 0 Å². The van der Waals surface area contributed by atoms with Gasteiger partial charge in [0.1, 0.15) is 38.9 Å². The van der Waals surface area contributed by atoms with E-state index in [0.717, 1.165) is 23.1 Å². The molecule has 2 saturated heterocycles. The predicted octanol–water partition coefficient (Wildman–Crippen LogP) is 3.94. The van der Waals surface area contributed by atoms with Crippen molar-refractivity contribution in [2.24, 2.45) is 0 Å². The largest absolute Gasteiger partial charge is 0.461 e. The maximum Gasteiger partial charge on any atom is 0.332 e. The first kappa shape index (κ1) is 39.5. The monoisotopic (exact) mass is 781 g/mol. The van der Waals surface area contributed by atoms with Gasteiger partial charge in [0.05, 0.1) is 38.8 Å². The zero-order valence-electron chi connectivity index (χ0n) is 31.1. The minimum Gasteiger partial charge on any atom is -0.461 e. The molecule has 16 nitrogen and oxygen atoms in total. The number of esters is 3. The van der Waals surface area contributed by atoms with Crippen LogP contribution in [0.2, 0.25) is 0 Å². The van der Waals surface area contributed by atoms with Crippen molar-refractivity contribution in [2.45, 2.75) is 56.8 Å². The summed E-state index contributed by atoms with van der Waals surface area (Å²) in [6.07, 6.45) is -1.16. The van der Waals surface area contributed by atoms with Crippen molar-refractivity contribution < 1.29 is 52.3 Å². The van der Waals surface area contributed by atoms with Crippen LogP contribution in [0.15, 0.2) is 104 Å². The second-order valence-electron chi connectivity index (χ2n) is 13.3. The number of imidazole rings is 1. The van der Waals surface area contributed by atoms with Gasteiger partial charge in [-0.3, -0.25) is 4.57 Å². The Morgan fingerprint density at radius 1 is 0.702 bits per heavy atom. The van der Waals surface area contributed by atoms with Crippen LogP contribution in [0.5, 0.6) is 0 Å². The third kappa shape index (κ3) is 11.0. The van der Waals surface area contributed by atoms with Crippen molar-refractivity contribution >= 4 is 34.9 Å². The van der Waals surface area contributed by atoms with Gasteiger partial charge in [-0.15, -0.1) is 0 Å². The second-order valence-corrected chi connectivity index (χ2v) is 13.3. The lowest BCUT2D eigenvalue weighted by Gasteiger charge is -2.25. The fraction of sp³-hybridized carbons (Fsp3) is 0.366. The van der Waals surface area contributed by atoms with E-state index >= 15 is 0 Å². The van der Waals surface area contributed by atoms with Gasteiger partial charge in [0.15, 0.2) is 35.4 Å². The second kappa shape index (κ2) is 19.9. The fourth-order valence-corrected chi connectivity index (χ4v) is 6.39. The van der Waals surface area contributed by atoms with Crippen molar-refractivity contribution in [3.63, 3.8) is 0 Å². The van der Waals surface area contributed by atoms with Crippen LogP contribution in [0.25, 0.3) is 11.2 Å². The Kier molecular flexibility index (Phi) is 13.8. The lowest BCUT2D eigenvalue weighted by Crippen LogP contribution is -2.42. The average molecular weight is 782 g/mol. The molecule has 0 aliphatic carbocycles. The van der Waals surface area contributed by atoms with Gasteiger partial charge in [0.25, 0.3) is 0 Å². The van der Waals surface area contributed by atoms with Crippen LogP contribution in [0.4, 0.5) is 5.82 Å². The van der Waals surface area contributed by atoms with Gasteiger partial charge in [-0.05, 0) is 23.1 Å². The predicted molar refractivity (Wildman–Crippen MR) is 201 cm³/mol. The van der Waals surface area contributed by atoms with Gasteiger partial charge in [-0.25, -0.2) is 29.3 Å². The molecule has 2 fully saturated rings. The van der Waals surface area contributed by atoms with Gasteiger partial charge >= 0.3 is 17.9 Å². The van der Waals surface area contributed by atoms with E-state index in [1.54, 1.807) is 4.57 Å². The highest BCUT2D eigenvalue weighted by molar-refractivity contribution is 5.83. The number of carbonyl (C=O) groups excluding carboxylic acids is 3. The van der Waals surface area contributed by atoms with E-state index in [-0.39, 0.29) is 39.1 Å². The highest BCUT2D eigenvalue weighted by Crippen LogP contribution is 2.36. The van der Waals surface area contributed by atoms with Crippen LogP contribution in [0.3, 0.4) is 0 Å². The zero-order valence-corrected chi connectivity index (χ0v) is 31.1. The summed E-state index contributed by atoms with van der Waals surface area (Å²) < 4.78 is 47.9. The van der Waals surface area contributed by atoms with Crippen molar-refractivity contribution in [2.75, 3.05) is 45.0 Å². The number of fused-ring (bicyclic) bond motifs is 1. The first-order valence-electron chi connectivity index (χ1n) is 18.6. The summed E-state index contributed by atoms with van der Waals surface area (Å²) >= 11 is 0. The zero-order chi connectivity index (χ0) is 39.2. The summed E-state index contributed by atoms with van der Waals surface area (Å²) in [6.45, 7) is 0.110. The van der Waals surface area contributed by atoms with Gasteiger partial charge in [0, 0.05) is 6.61 Å². The number of nitrogens with one attached hydrogen (secondary N) is 1. The highest BCUT2D eigenvalue weighted by Gasteiger charge is 2.51. The number of ether oxygens (including phenoxy) is 8. The summed E-state index contributed by atoms with van der Waals surface area (Å²) in [5.41, 5.74) is 3.39. The number of hydrogen-bond acceptors (Lipinski definition) is 15. The number of carbonyl (C=O) groups is 3. The Hall–Kier alpha value is -5.78. The molecule has 1 unspecified atom stereocenters. The normalized spacial score (nSPS) is 20.3. The van der Waals surface area contributed by atoms with Gasteiger partial charge in [-0.1, -0.05) is 91.0 Å². The van der Waals surface area contributed by atoms with Crippen molar-refractivity contribution in [3.05, 3.63) is 120 Å². The fourth-order valence-electron chi connectivity index (χ4n) is 6.39.